The minimum Gasteiger partial charge on any atom is -0.310 e. The Bertz CT molecular complexity index is 4260. The first-order valence-corrected chi connectivity index (χ1v) is 29.3. The third-order valence-electron chi connectivity index (χ3n) is 17.7. The number of para-hydroxylation sites is 2. The lowest BCUT2D eigenvalue weighted by molar-refractivity contribution is 0.590. The number of hydrogen-bond donors (Lipinski definition) is 0. The third kappa shape index (κ3) is 7.90. The number of fused-ring (bicyclic) bond motifs is 12. The number of rotatable bonds is 8. The first kappa shape index (κ1) is 51.6. The van der Waals surface area contributed by atoms with E-state index in [1.54, 1.807) is 0 Å². The van der Waals surface area contributed by atoms with Gasteiger partial charge in [-0.3, -0.25) is 0 Å². The summed E-state index contributed by atoms with van der Waals surface area (Å²) in [7, 11) is 0. The molecule has 0 N–H and O–H groups in total. The van der Waals surface area contributed by atoms with Gasteiger partial charge in [-0.05, 0) is 140 Å². The van der Waals surface area contributed by atoms with Gasteiger partial charge in [0, 0.05) is 65.8 Å². The van der Waals surface area contributed by atoms with E-state index in [0.29, 0.717) is 11.8 Å². The molecule has 4 heterocycles. The maximum Gasteiger partial charge on any atom is 0.0641 e. The van der Waals surface area contributed by atoms with Gasteiger partial charge in [-0.15, -0.1) is 0 Å². The summed E-state index contributed by atoms with van der Waals surface area (Å²) in [6.07, 6.45) is 0. The summed E-state index contributed by atoms with van der Waals surface area (Å²) >= 11 is 0. The molecule has 0 fully saturated rings. The lowest BCUT2D eigenvalue weighted by Gasteiger charge is -2.29. The summed E-state index contributed by atoms with van der Waals surface area (Å²) in [5.41, 5.74) is 22.3. The Balaban J connectivity index is 1.16. The molecule has 402 valence electrons. The Kier molecular flexibility index (Phi) is 11.5. The summed E-state index contributed by atoms with van der Waals surface area (Å²) < 4.78 is 5.32. The largest absolute Gasteiger partial charge is 0.310 e. The predicted molar refractivity (Wildman–Crippen MR) is 348 cm³/mol. The highest BCUT2D eigenvalue weighted by Crippen LogP contribution is 2.53. The average Bonchev–Trinajstić information content (AvgIpc) is 3.90. The molecule has 4 nitrogen and oxygen atoms in total. The highest BCUT2D eigenvalue weighted by molar-refractivity contribution is 6.32. The van der Waals surface area contributed by atoms with E-state index >= 15 is 0 Å². The summed E-state index contributed by atoms with van der Waals surface area (Å²) in [6, 6.07) is 66.0. The molecule has 13 rings (SSSR count). The van der Waals surface area contributed by atoms with Crippen LogP contribution >= 0.6 is 0 Å². The molecular formula is C76H78N4. The first-order chi connectivity index (χ1) is 37.9. The SMILES string of the molecule is CC(C)c1ccc(N(c2cccc(C(C)(C)C)c2)c2ccc3c4cc5c(cc4n4c6c(C(C)(C)C)cccc6c2c34)c2ccc(N(c3ccc(C(C)C)cc3)c3cccc(C(C)(C)C)c3)c3c4cccc(C(C)(C)C)c4n5c23)cc1. The van der Waals surface area contributed by atoms with E-state index in [9.17, 15) is 0 Å². The molecule has 0 aliphatic rings. The Labute approximate surface area is 473 Å². The second kappa shape index (κ2) is 17.8. The summed E-state index contributed by atoms with van der Waals surface area (Å²) in [6.45, 7) is 37.3. The minimum absolute atomic E-state index is 0.0214. The van der Waals surface area contributed by atoms with Crippen LogP contribution in [0.15, 0.2) is 170 Å². The zero-order chi connectivity index (χ0) is 56.3. The van der Waals surface area contributed by atoms with Crippen molar-refractivity contribution in [1.29, 1.82) is 0 Å². The number of benzene rings is 9. The molecule has 4 aromatic heterocycles. The summed E-state index contributed by atoms with van der Waals surface area (Å²) in [5, 5.41) is 10.2. The van der Waals surface area contributed by atoms with Gasteiger partial charge in [-0.2, -0.15) is 0 Å². The van der Waals surface area contributed by atoms with Crippen LogP contribution in [0.5, 0.6) is 0 Å². The van der Waals surface area contributed by atoms with Crippen molar-refractivity contribution in [2.24, 2.45) is 0 Å². The molecule has 0 bridgehead atoms. The summed E-state index contributed by atoms with van der Waals surface area (Å²) in [4.78, 5) is 5.06. The fourth-order valence-corrected chi connectivity index (χ4v) is 13.3. The van der Waals surface area contributed by atoms with Crippen LogP contribution in [0.3, 0.4) is 0 Å². The van der Waals surface area contributed by atoms with Crippen LogP contribution in [0.25, 0.3) is 76.2 Å². The molecular weight excluding hydrogens is 969 g/mol. The first-order valence-electron chi connectivity index (χ1n) is 29.3. The molecule has 0 saturated carbocycles. The van der Waals surface area contributed by atoms with Gasteiger partial charge in [0.1, 0.15) is 0 Å². The molecule has 0 atom stereocenters. The third-order valence-corrected chi connectivity index (χ3v) is 17.7. The summed E-state index contributed by atoms with van der Waals surface area (Å²) in [5.74, 6) is 0.868. The predicted octanol–water partition coefficient (Wildman–Crippen LogP) is 22.4. The van der Waals surface area contributed by atoms with Gasteiger partial charge in [-0.25, -0.2) is 0 Å². The molecule has 80 heavy (non-hydrogen) atoms. The van der Waals surface area contributed by atoms with Crippen molar-refractivity contribution < 1.29 is 0 Å². The zero-order valence-electron chi connectivity index (χ0n) is 50.1. The van der Waals surface area contributed by atoms with Crippen LogP contribution in [-0.2, 0) is 21.7 Å². The second-order valence-corrected chi connectivity index (χ2v) is 27.9. The van der Waals surface area contributed by atoms with Crippen molar-refractivity contribution in [3.05, 3.63) is 203 Å². The van der Waals surface area contributed by atoms with Gasteiger partial charge in [0.15, 0.2) is 0 Å². The van der Waals surface area contributed by atoms with Gasteiger partial charge in [0.25, 0.3) is 0 Å². The lowest BCUT2D eigenvalue weighted by Crippen LogP contribution is -2.14. The van der Waals surface area contributed by atoms with Crippen molar-refractivity contribution in [2.75, 3.05) is 9.80 Å². The van der Waals surface area contributed by atoms with Crippen molar-refractivity contribution in [3.8, 4) is 0 Å². The molecule has 9 aromatic carbocycles. The fourth-order valence-electron chi connectivity index (χ4n) is 13.3. The van der Waals surface area contributed by atoms with Crippen LogP contribution in [0.2, 0.25) is 0 Å². The molecule has 13 aromatic rings. The second-order valence-electron chi connectivity index (χ2n) is 27.9. The standard InChI is InChI=1S/C76H78N4/c1-45(2)47-29-33-51(34-30-47)77(53-23-17-21-49(41-53)73(5,6)7)63-39-37-55-59-43-66-60(44-65(59)79-69-57(67(63)71(55)79)25-19-27-61(69)75(11,12)13)56-38-40-64(68-58-26-20-28-62(76(14,15)16)70(58)80(66)72(56)68)78(52-35-31-48(32-36-52)46(3)4)54-24-18-22-50(42-54)74(8,9)10/h17-46H,1-16H3. The van der Waals surface area contributed by atoms with Crippen molar-refractivity contribution in [2.45, 2.75) is 144 Å². The van der Waals surface area contributed by atoms with E-state index < -0.39 is 0 Å². The number of hydrogen-bond acceptors (Lipinski definition) is 2. The number of anilines is 6. The minimum atomic E-state index is -0.128. The maximum absolute atomic E-state index is 2.66. The Morgan fingerprint density at radius 2 is 0.675 bits per heavy atom. The van der Waals surface area contributed by atoms with Crippen molar-refractivity contribution in [3.63, 3.8) is 0 Å². The molecule has 0 saturated heterocycles. The number of nitrogens with zero attached hydrogens (tertiary/aromatic N) is 4. The maximum atomic E-state index is 2.66. The average molecular weight is 1050 g/mol. The van der Waals surface area contributed by atoms with Crippen LogP contribution in [0.1, 0.15) is 156 Å². The van der Waals surface area contributed by atoms with Gasteiger partial charge < -0.3 is 18.6 Å². The smallest absolute Gasteiger partial charge is 0.0641 e. The normalized spacial score (nSPS) is 13.2. The van der Waals surface area contributed by atoms with Crippen molar-refractivity contribution in [1.82, 2.24) is 8.80 Å². The van der Waals surface area contributed by atoms with E-state index in [2.05, 4.69) is 299 Å². The number of aromatic nitrogens is 2. The van der Waals surface area contributed by atoms with Gasteiger partial charge in [0.2, 0.25) is 0 Å². The van der Waals surface area contributed by atoms with E-state index in [1.165, 1.54) is 121 Å². The Morgan fingerprint density at radius 1 is 0.312 bits per heavy atom. The highest BCUT2D eigenvalue weighted by atomic mass is 15.2. The van der Waals surface area contributed by atoms with E-state index in [-0.39, 0.29) is 21.7 Å². The van der Waals surface area contributed by atoms with Crippen molar-refractivity contribution >= 4 is 110 Å². The van der Waals surface area contributed by atoms with Crippen LogP contribution in [0, 0.1) is 0 Å². The molecule has 4 heteroatoms. The van der Waals surface area contributed by atoms with Crippen LogP contribution in [-0.4, -0.2) is 8.80 Å². The lowest BCUT2D eigenvalue weighted by atomic mass is 9.85. The van der Waals surface area contributed by atoms with E-state index in [0.717, 1.165) is 22.7 Å². The van der Waals surface area contributed by atoms with Crippen LogP contribution < -0.4 is 9.80 Å². The van der Waals surface area contributed by atoms with Crippen LogP contribution in [0.4, 0.5) is 34.1 Å². The fraction of sp³-hybridized carbons (Fsp3) is 0.289. The van der Waals surface area contributed by atoms with E-state index in [4.69, 9.17) is 0 Å². The molecule has 0 amide bonds. The molecule has 0 spiro atoms. The van der Waals surface area contributed by atoms with Gasteiger partial charge in [0.05, 0.1) is 44.5 Å². The Morgan fingerprint density at radius 3 is 1.01 bits per heavy atom. The Hall–Kier alpha value is -7.82. The van der Waals surface area contributed by atoms with Gasteiger partial charge >= 0.3 is 0 Å². The molecule has 0 aliphatic carbocycles. The van der Waals surface area contributed by atoms with Gasteiger partial charge in [-0.1, -0.05) is 208 Å². The molecule has 0 aliphatic heterocycles. The topological polar surface area (TPSA) is 15.3 Å². The van der Waals surface area contributed by atoms with E-state index in [1.807, 2.05) is 0 Å². The quantitative estimate of drug-likeness (QED) is 0.151. The molecule has 0 radical (unpaired) electrons. The molecule has 0 unspecified atom stereocenters. The monoisotopic (exact) mass is 1050 g/mol. The zero-order valence-corrected chi connectivity index (χ0v) is 50.1. The highest BCUT2D eigenvalue weighted by Gasteiger charge is 2.32.